The van der Waals surface area contributed by atoms with E-state index in [9.17, 15) is 16.8 Å². The van der Waals surface area contributed by atoms with Gasteiger partial charge in [0.05, 0.1) is 33.5 Å². The summed E-state index contributed by atoms with van der Waals surface area (Å²) in [5, 5.41) is -1.36. The van der Waals surface area contributed by atoms with Gasteiger partial charge in [-0.1, -0.05) is 147 Å². The Morgan fingerprint density at radius 3 is 1.57 bits per heavy atom. The molecule has 0 saturated heterocycles. The summed E-state index contributed by atoms with van der Waals surface area (Å²) in [6.45, 7) is 21.6. The molecule has 2 unspecified atom stereocenters. The van der Waals surface area contributed by atoms with Crippen molar-refractivity contribution in [3.63, 3.8) is 0 Å². The van der Waals surface area contributed by atoms with Crippen LogP contribution in [0.1, 0.15) is 136 Å². The van der Waals surface area contributed by atoms with E-state index in [1.54, 1.807) is 24.3 Å². The number of rotatable bonds is 26. The second kappa shape index (κ2) is 27.1. The van der Waals surface area contributed by atoms with E-state index in [1.807, 2.05) is 83.2 Å². The minimum Gasteiger partial charge on any atom is -0.373 e. The average molecular weight is 893 g/mol. The molecule has 0 saturated carbocycles. The Balaban J connectivity index is 1.72. The molecule has 0 fully saturated rings. The maximum Gasteiger partial charge on any atom is 0.185 e. The second-order valence-corrected chi connectivity index (χ2v) is 22.1. The van der Waals surface area contributed by atoms with Crippen LogP contribution in [0.2, 0.25) is 0 Å². The fraction of sp³-hybridized carbons (Fsp3) is 0.429. The van der Waals surface area contributed by atoms with Gasteiger partial charge in [-0.25, -0.2) is 16.8 Å². The molecule has 3 rings (SSSR count). The fourth-order valence-corrected chi connectivity index (χ4v) is 10.9. The van der Waals surface area contributed by atoms with Crippen molar-refractivity contribution in [3.8, 4) is 0 Å². The highest BCUT2D eigenvalue weighted by atomic mass is 32.2. The highest BCUT2D eigenvalue weighted by Gasteiger charge is 2.28. The summed E-state index contributed by atoms with van der Waals surface area (Å²) in [7, 11) is -7.27. The van der Waals surface area contributed by atoms with Gasteiger partial charge in [0.15, 0.2) is 19.7 Å². The molecule has 0 aliphatic heterocycles. The molecule has 0 heterocycles. The Hall–Kier alpha value is -4.30. The number of benzene rings is 3. The van der Waals surface area contributed by atoms with Crippen LogP contribution in [0.5, 0.6) is 0 Å². The minimum absolute atomic E-state index is 0.336. The average Bonchev–Trinajstić information content (AvgIpc) is 3.22. The number of sulfone groups is 2. The molecule has 0 radical (unpaired) electrons. The Labute approximate surface area is 383 Å². The van der Waals surface area contributed by atoms with E-state index < -0.39 is 30.2 Å². The molecule has 63 heavy (non-hydrogen) atoms. The molecule has 0 N–H and O–H groups in total. The Bertz CT molecular complexity index is 2310. The van der Waals surface area contributed by atoms with Crippen LogP contribution in [0.15, 0.2) is 170 Å². The summed E-state index contributed by atoms with van der Waals surface area (Å²) in [4.78, 5) is 0.683. The van der Waals surface area contributed by atoms with Crippen LogP contribution in [0, 0.1) is 13.8 Å². The summed E-state index contributed by atoms with van der Waals surface area (Å²) < 4.78 is 62.3. The molecule has 0 spiro atoms. The zero-order valence-electron chi connectivity index (χ0n) is 40.0. The van der Waals surface area contributed by atoms with Gasteiger partial charge in [0, 0.05) is 0 Å². The number of aryl methyl sites for hydroxylation is 2. The first kappa shape index (κ1) is 53.0. The van der Waals surface area contributed by atoms with E-state index in [0.29, 0.717) is 35.8 Å². The highest BCUT2D eigenvalue weighted by Crippen LogP contribution is 2.28. The lowest BCUT2D eigenvalue weighted by Crippen LogP contribution is -2.22. The monoisotopic (exact) mass is 893 g/mol. The zero-order valence-corrected chi connectivity index (χ0v) is 41.7. The van der Waals surface area contributed by atoms with Gasteiger partial charge in [-0.05, 0) is 163 Å². The van der Waals surface area contributed by atoms with E-state index in [4.69, 9.17) is 4.74 Å². The summed E-state index contributed by atoms with van der Waals surface area (Å²) >= 11 is 0. The van der Waals surface area contributed by atoms with Crippen LogP contribution in [0.3, 0.4) is 0 Å². The first-order valence-corrected chi connectivity index (χ1v) is 25.8. The van der Waals surface area contributed by atoms with Crippen molar-refractivity contribution in [2.75, 3.05) is 6.61 Å². The van der Waals surface area contributed by atoms with Crippen molar-refractivity contribution in [1.82, 2.24) is 0 Å². The smallest absolute Gasteiger partial charge is 0.185 e. The predicted octanol–water partition coefficient (Wildman–Crippen LogP) is 15.1. The van der Waals surface area contributed by atoms with Crippen LogP contribution in [-0.2, 0) is 31.0 Å². The van der Waals surface area contributed by atoms with Crippen LogP contribution >= 0.6 is 0 Å². The molecule has 5 nitrogen and oxygen atoms in total. The Morgan fingerprint density at radius 1 is 0.524 bits per heavy atom. The molecule has 3 aromatic rings. The minimum atomic E-state index is -3.65. The number of ether oxygens (including phenoxy) is 1. The van der Waals surface area contributed by atoms with Gasteiger partial charge in [0.2, 0.25) is 0 Å². The molecule has 0 aromatic heterocycles. The van der Waals surface area contributed by atoms with Crippen molar-refractivity contribution >= 4 is 19.7 Å². The lowest BCUT2D eigenvalue weighted by molar-refractivity contribution is 0.148. The quantitative estimate of drug-likeness (QED) is 0.0593. The Kier molecular flexibility index (Phi) is 22.8. The number of hydrogen-bond donors (Lipinski definition) is 0. The number of hydrogen-bond acceptors (Lipinski definition) is 5. The Morgan fingerprint density at radius 2 is 1.00 bits per heavy atom. The van der Waals surface area contributed by atoms with Gasteiger partial charge >= 0.3 is 0 Å². The zero-order chi connectivity index (χ0) is 46.4. The number of allylic oxidation sites excluding steroid dienone is 11. The first-order valence-electron chi connectivity index (χ1n) is 22.7. The van der Waals surface area contributed by atoms with Crippen molar-refractivity contribution in [1.29, 1.82) is 0 Å². The molecular weight excluding hydrogens is 817 g/mol. The van der Waals surface area contributed by atoms with Gasteiger partial charge in [-0.3, -0.25) is 0 Å². The van der Waals surface area contributed by atoms with E-state index >= 15 is 0 Å². The molecule has 0 amide bonds. The summed E-state index contributed by atoms with van der Waals surface area (Å²) in [5.74, 6) is 0. The molecule has 2 atom stereocenters. The fourth-order valence-electron chi connectivity index (χ4n) is 7.32. The molecular formula is C56H76O5S2. The van der Waals surface area contributed by atoms with Crippen molar-refractivity contribution in [2.45, 2.75) is 160 Å². The third kappa shape index (κ3) is 19.5. The molecule has 3 aromatic carbocycles. The lowest BCUT2D eigenvalue weighted by Gasteiger charge is -2.18. The third-order valence-electron chi connectivity index (χ3n) is 11.5. The predicted molar refractivity (Wildman–Crippen MR) is 269 cm³/mol. The van der Waals surface area contributed by atoms with Gasteiger partial charge in [0.25, 0.3) is 0 Å². The molecule has 342 valence electrons. The lowest BCUT2D eigenvalue weighted by atomic mass is 10.0. The first-order chi connectivity index (χ1) is 29.9. The SMILES string of the molecule is CC(C)=CCC/C(C)=C/CC/C(C)=C/C(C/C(C)=C\CC/C(C)=C\CC(/C(C)=C\CC/C(C)=C\COCc1ccccc1)S(=O)(=O)c1ccc(C)cc1)S(=O)(=O)c1ccc(C)cc1. The summed E-state index contributed by atoms with van der Waals surface area (Å²) in [6, 6.07) is 24.4. The van der Waals surface area contributed by atoms with Crippen molar-refractivity contribution in [2.24, 2.45) is 0 Å². The maximum atomic E-state index is 14.1. The van der Waals surface area contributed by atoms with Gasteiger partial charge < -0.3 is 4.74 Å². The largest absolute Gasteiger partial charge is 0.373 e. The van der Waals surface area contributed by atoms with E-state index in [1.165, 1.54) is 16.7 Å². The van der Waals surface area contributed by atoms with Crippen LogP contribution < -0.4 is 0 Å². The standard InChI is InChI=1S/C56H76O5S2/c1-43(2)18-14-19-44(3)20-15-23-49(8)40-55(62(57,58)53-33-28-47(6)29-34-53)41-50(9)24-16-21-45(4)32-37-56(63(59,60)54-35-30-48(7)31-36-54)51(10)25-17-22-46(5)38-39-61-42-52-26-12-11-13-27-52/h11-13,18,20,24-36,38,40,55-56H,14-17,19,21-23,37,39,41-42H2,1-10H3/b44-20+,45-32-,46-38-,49-40+,50-24-,51-25-. The van der Waals surface area contributed by atoms with Gasteiger partial charge in [-0.15, -0.1) is 0 Å². The summed E-state index contributed by atoms with van der Waals surface area (Å²) in [5.41, 5.74) is 11.1. The summed E-state index contributed by atoms with van der Waals surface area (Å²) in [6.07, 6.45) is 22.5. The van der Waals surface area contributed by atoms with Gasteiger partial charge in [0.1, 0.15) is 0 Å². The van der Waals surface area contributed by atoms with Crippen molar-refractivity contribution < 1.29 is 21.6 Å². The topological polar surface area (TPSA) is 77.5 Å². The van der Waals surface area contributed by atoms with Crippen molar-refractivity contribution in [3.05, 3.63) is 177 Å². The van der Waals surface area contributed by atoms with Gasteiger partial charge in [-0.2, -0.15) is 0 Å². The molecule has 7 heteroatoms. The normalized spacial score (nSPS) is 14.8. The third-order valence-corrected chi connectivity index (χ3v) is 15.7. The highest BCUT2D eigenvalue weighted by molar-refractivity contribution is 7.92. The molecule has 0 bridgehead atoms. The molecule has 0 aliphatic carbocycles. The molecule has 0 aliphatic rings. The van der Waals surface area contributed by atoms with E-state index in [2.05, 4.69) is 83.2 Å². The second-order valence-electron chi connectivity index (χ2n) is 17.8. The maximum absolute atomic E-state index is 14.1. The van der Waals surface area contributed by atoms with E-state index in [-0.39, 0.29) is 0 Å². The van der Waals surface area contributed by atoms with Crippen LogP contribution in [0.4, 0.5) is 0 Å². The van der Waals surface area contributed by atoms with E-state index in [0.717, 1.165) is 90.3 Å². The van der Waals surface area contributed by atoms with Crippen LogP contribution in [0.25, 0.3) is 0 Å². The van der Waals surface area contributed by atoms with Crippen LogP contribution in [-0.4, -0.2) is 33.9 Å².